The van der Waals surface area contributed by atoms with E-state index in [-0.39, 0.29) is 16.5 Å². The Bertz CT molecular complexity index is 444. The third-order valence-corrected chi connectivity index (χ3v) is 4.64. The highest BCUT2D eigenvalue weighted by molar-refractivity contribution is 8.01. The summed E-state index contributed by atoms with van der Waals surface area (Å²) in [7, 11) is 0. The fourth-order valence-corrected chi connectivity index (χ4v) is 3.74. The largest absolute Gasteiger partial charge is 0.325 e. The molecule has 0 bridgehead atoms. The van der Waals surface area contributed by atoms with Crippen molar-refractivity contribution in [2.45, 2.75) is 38.3 Å². The number of thioether (sulfide) groups is 1. The van der Waals surface area contributed by atoms with Crippen LogP contribution in [0.2, 0.25) is 0 Å². The highest BCUT2D eigenvalue weighted by atomic mass is 32.2. The van der Waals surface area contributed by atoms with Crippen molar-refractivity contribution in [1.82, 2.24) is 4.90 Å². The van der Waals surface area contributed by atoms with E-state index in [0.29, 0.717) is 5.92 Å². The zero-order valence-electron chi connectivity index (χ0n) is 11.5. The van der Waals surface area contributed by atoms with Crippen molar-refractivity contribution in [2.24, 2.45) is 5.92 Å². The monoisotopic (exact) mass is 263 g/mol. The second kappa shape index (κ2) is 5.35. The Kier molecular flexibility index (Phi) is 4.00. The fraction of sp³-hybridized carbons (Fsp3) is 0.533. The molecule has 3 heteroatoms. The first kappa shape index (κ1) is 13.5. The maximum absolute atomic E-state index is 12.2. The molecule has 2 nitrogen and oxygen atoms in total. The van der Waals surface area contributed by atoms with Crippen molar-refractivity contribution in [3.05, 3.63) is 35.4 Å². The highest BCUT2D eigenvalue weighted by Gasteiger charge is 2.38. The van der Waals surface area contributed by atoms with Gasteiger partial charge in [-0.3, -0.25) is 4.79 Å². The Hall–Kier alpha value is -0.960. The number of rotatable bonds is 3. The predicted octanol–water partition coefficient (Wildman–Crippen LogP) is 3.61. The fourth-order valence-electron chi connectivity index (χ4n) is 2.36. The first-order valence-corrected chi connectivity index (χ1v) is 7.46. The van der Waals surface area contributed by atoms with Crippen molar-refractivity contribution in [1.29, 1.82) is 0 Å². The van der Waals surface area contributed by atoms with Gasteiger partial charge in [0, 0.05) is 6.54 Å². The molecule has 0 spiro atoms. The van der Waals surface area contributed by atoms with Crippen LogP contribution in [-0.4, -0.2) is 22.6 Å². The van der Waals surface area contributed by atoms with Crippen molar-refractivity contribution in [3.8, 4) is 0 Å². The van der Waals surface area contributed by atoms with E-state index in [4.69, 9.17) is 0 Å². The molecule has 0 aromatic heterocycles. The van der Waals surface area contributed by atoms with E-state index in [1.165, 1.54) is 11.1 Å². The first-order chi connectivity index (χ1) is 8.50. The van der Waals surface area contributed by atoms with Gasteiger partial charge in [-0.2, -0.15) is 0 Å². The van der Waals surface area contributed by atoms with Crippen LogP contribution in [0.3, 0.4) is 0 Å². The molecule has 0 saturated carbocycles. The Balaban J connectivity index is 2.31. The summed E-state index contributed by atoms with van der Waals surface area (Å²) in [5.41, 5.74) is 2.55. The highest BCUT2D eigenvalue weighted by Crippen LogP contribution is 2.44. The molecular weight excluding hydrogens is 242 g/mol. The van der Waals surface area contributed by atoms with Crippen LogP contribution in [0.5, 0.6) is 0 Å². The molecule has 1 heterocycles. The average Bonchev–Trinajstić information content (AvgIpc) is 2.57. The molecule has 2 atom stereocenters. The zero-order chi connectivity index (χ0) is 13.3. The molecule has 1 saturated heterocycles. The van der Waals surface area contributed by atoms with Gasteiger partial charge in [0.15, 0.2) is 0 Å². The normalized spacial score (nSPS) is 24.1. The molecule has 1 aromatic rings. The Morgan fingerprint density at radius 3 is 2.61 bits per heavy atom. The summed E-state index contributed by atoms with van der Waals surface area (Å²) in [4.78, 5) is 14.3. The van der Waals surface area contributed by atoms with Gasteiger partial charge in [0.25, 0.3) is 0 Å². The average molecular weight is 263 g/mol. The number of nitrogens with zero attached hydrogens (tertiary/aromatic N) is 1. The van der Waals surface area contributed by atoms with E-state index < -0.39 is 0 Å². The van der Waals surface area contributed by atoms with Gasteiger partial charge in [-0.1, -0.05) is 38.1 Å². The predicted molar refractivity (Wildman–Crippen MR) is 77.5 cm³/mol. The SMILES string of the molecule is Cc1ccccc1[C@H]1S[C@@H](C)C(=O)N1CC(C)C. The second-order valence-electron chi connectivity index (χ2n) is 5.37. The topological polar surface area (TPSA) is 20.3 Å². The van der Waals surface area contributed by atoms with Crippen LogP contribution >= 0.6 is 11.8 Å². The van der Waals surface area contributed by atoms with Gasteiger partial charge < -0.3 is 4.90 Å². The second-order valence-corrected chi connectivity index (χ2v) is 6.80. The lowest BCUT2D eigenvalue weighted by atomic mass is 10.1. The van der Waals surface area contributed by atoms with Gasteiger partial charge in [-0.15, -0.1) is 11.8 Å². The van der Waals surface area contributed by atoms with E-state index >= 15 is 0 Å². The van der Waals surface area contributed by atoms with E-state index in [1.54, 1.807) is 11.8 Å². The molecule has 0 unspecified atom stereocenters. The zero-order valence-corrected chi connectivity index (χ0v) is 12.3. The lowest BCUT2D eigenvalue weighted by Gasteiger charge is -2.26. The maximum atomic E-state index is 12.2. The van der Waals surface area contributed by atoms with Crippen molar-refractivity contribution in [2.75, 3.05) is 6.54 Å². The van der Waals surface area contributed by atoms with Crippen LogP contribution in [0.25, 0.3) is 0 Å². The van der Waals surface area contributed by atoms with Crippen molar-refractivity contribution < 1.29 is 4.79 Å². The van der Waals surface area contributed by atoms with E-state index in [0.717, 1.165) is 6.54 Å². The minimum Gasteiger partial charge on any atom is -0.325 e. The molecule has 0 radical (unpaired) electrons. The minimum absolute atomic E-state index is 0.0772. The number of carbonyl (C=O) groups is 1. The third-order valence-electron chi connectivity index (χ3n) is 3.26. The molecular formula is C15H21NOS. The van der Waals surface area contributed by atoms with Crippen molar-refractivity contribution >= 4 is 17.7 Å². The summed E-state index contributed by atoms with van der Waals surface area (Å²) in [6, 6.07) is 8.38. The summed E-state index contributed by atoms with van der Waals surface area (Å²) < 4.78 is 0. The molecule has 1 aromatic carbocycles. The number of aryl methyl sites for hydroxylation is 1. The molecule has 1 amide bonds. The van der Waals surface area contributed by atoms with Crippen LogP contribution < -0.4 is 0 Å². The maximum Gasteiger partial charge on any atom is 0.236 e. The van der Waals surface area contributed by atoms with Gasteiger partial charge in [-0.05, 0) is 30.9 Å². The number of hydrogen-bond donors (Lipinski definition) is 0. The molecule has 2 rings (SSSR count). The summed E-state index contributed by atoms with van der Waals surface area (Å²) in [6.07, 6.45) is 0. The molecule has 1 aliphatic heterocycles. The van der Waals surface area contributed by atoms with Crippen molar-refractivity contribution in [3.63, 3.8) is 0 Å². The minimum atomic E-state index is 0.0772. The summed E-state index contributed by atoms with van der Waals surface area (Å²) in [6.45, 7) is 9.30. The number of amides is 1. The van der Waals surface area contributed by atoms with Crippen LogP contribution in [0.15, 0.2) is 24.3 Å². The Morgan fingerprint density at radius 2 is 2.00 bits per heavy atom. The standard InChI is InChI=1S/C15H21NOS/c1-10(2)9-16-14(17)12(4)18-15(16)13-8-6-5-7-11(13)3/h5-8,10,12,15H,9H2,1-4H3/t12-,15+/m0/s1. The van der Waals surface area contributed by atoms with Crippen LogP contribution in [-0.2, 0) is 4.79 Å². The number of hydrogen-bond acceptors (Lipinski definition) is 2. The number of carbonyl (C=O) groups excluding carboxylic acids is 1. The lowest BCUT2D eigenvalue weighted by Crippen LogP contribution is -2.33. The molecule has 1 fully saturated rings. The smallest absolute Gasteiger partial charge is 0.236 e. The van der Waals surface area contributed by atoms with E-state index in [1.807, 2.05) is 11.8 Å². The third kappa shape index (κ3) is 2.56. The Labute approximate surface area is 114 Å². The van der Waals surface area contributed by atoms with Gasteiger partial charge in [0.2, 0.25) is 5.91 Å². The molecule has 0 N–H and O–H groups in total. The van der Waals surface area contributed by atoms with Gasteiger partial charge in [0.1, 0.15) is 5.37 Å². The van der Waals surface area contributed by atoms with Gasteiger partial charge in [-0.25, -0.2) is 0 Å². The van der Waals surface area contributed by atoms with E-state index in [9.17, 15) is 4.79 Å². The van der Waals surface area contributed by atoms with Crippen LogP contribution in [0.4, 0.5) is 0 Å². The van der Waals surface area contributed by atoms with Gasteiger partial charge in [0.05, 0.1) is 5.25 Å². The molecule has 0 aliphatic carbocycles. The molecule has 18 heavy (non-hydrogen) atoms. The lowest BCUT2D eigenvalue weighted by molar-refractivity contribution is -0.130. The summed E-state index contributed by atoms with van der Waals surface area (Å²) in [5.74, 6) is 0.785. The van der Waals surface area contributed by atoms with Crippen LogP contribution in [0.1, 0.15) is 37.3 Å². The molecule has 98 valence electrons. The first-order valence-electron chi connectivity index (χ1n) is 6.52. The summed E-state index contributed by atoms with van der Waals surface area (Å²) >= 11 is 1.77. The quantitative estimate of drug-likeness (QED) is 0.830. The van der Waals surface area contributed by atoms with Crippen LogP contribution in [0, 0.1) is 12.8 Å². The Morgan fingerprint density at radius 1 is 1.33 bits per heavy atom. The number of benzene rings is 1. The van der Waals surface area contributed by atoms with E-state index in [2.05, 4.69) is 45.0 Å². The van der Waals surface area contributed by atoms with Gasteiger partial charge >= 0.3 is 0 Å². The molecule has 1 aliphatic rings. The summed E-state index contributed by atoms with van der Waals surface area (Å²) in [5, 5.41) is 0.268.